The highest BCUT2D eigenvalue weighted by molar-refractivity contribution is 5.44. The quantitative estimate of drug-likeness (QED) is 0.775. The van der Waals surface area contributed by atoms with Crippen LogP contribution in [0.15, 0.2) is 12.3 Å². The van der Waals surface area contributed by atoms with Crippen molar-refractivity contribution in [1.29, 1.82) is 0 Å². The average Bonchev–Trinajstić information content (AvgIpc) is 3.21. The predicted octanol–water partition coefficient (Wildman–Crippen LogP) is 2.57. The third kappa shape index (κ3) is 3.94. The van der Waals surface area contributed by atoms with Gasteiger partial charge in [0.05, 0.1) is 6.54 Å². The summed E-state index contributed by atoms with van der Waals surface area (Å²) in [6.45, 7) is 5.79. The Kier molecular flexibility index (Phi) is 4.97. The van der Waals surface area contributed by atoms with Gasteiger partial charge in [-0.25, -0.2) is 9.37 Å². The van der Waals surface area contributed by atoms with E-state index in [1.54, 1.807) is 12.3 Å². The van der Waals surface area contributed by atoms with E-state index in [0.717, 1.165) is 6.54 Å². The molecule has 0 saturated heterocycles. The van der Waals surface area contributed by atoms with E-state index in [1.807, 2.05) is 18.7 Å². The van der Waals surface area contributed by atoms with E-state index in [2.05, 4.69) is 16.2 Å². The number of hydrogen-bond donors (Lipinski definition) is 1. The molecule has 1 heterocycles. The van der Waals surface area contributed by atoms with Gasteiger partial charge < -0.3 is 10.2 Å². The fourth-order valence-corrected chi connectivity index (χ4v) is 2.09. The van der Waals surface area contributed by atoms with Crippen LogP contribution < -0.4 is 10.2 Å². The summed E-state index contributed by atoms with van der Waals surface area (Å²) in [5.74, 6) is 3.37. The Morgan fingerprint density at radius 2 is 2.30 bits per heavy atom. The first-order valence-electron chi connectivity index (χ1n) is 7.17. The van der Waals surface area contributed by atoms with Crippen molar-refractivity contribution in [1.82, 2.24) is 10.3 Å². The zero-order valence-corrected chi connectivity index (χ0v) is 12.2. The molecule has 4 heteroatoms. The molecule has 1 aliphatic rings. The lowest BCUT2D eigenvalue weighted by Gasteiger charge is -2.22. The van der Waals surface area contributed by atoms with E-state index < -0.39 is 0 Å². The summed E-state index contributed by atoms with van der Waals surface area (Å²) in [6, 6.07) is 2.04. The molecule has 1 aromatic heterocycles. The molecule has 0 aromatic carbocycles. The molecule has 20 heavy (non-hydrogen) atoms. The molecule has 0 radical (unpaired) electrons. The Hall–Kier alpha value is -1.60. The summed E-state index contributed by atoms with van der Waals surface area (Å²) < 4.78 is 14.6. The van der Waals surface area contributed by atoms with Gasteiger partial charge in [-0.1, -0.05) is 19.8 Å². The maximum Gasteiger partial charge on any atom is 0.170 e. The number of terminal acetylenes is 1. The molecule has 108 valence electrons. The molecule has 1 aliphatic carbocycles. The first kappa shape index (κ1) is 14.8. The summed E-state index contributed by atoms with van der Waals surface area (Å²) in [4.78, 5) is 6.07. The maximum atomic E-state index is 14.6. The molecule has 0 atom stereocenters. The summed E-state index contributed by atoms with van der Waals surface area (Å²) in [6.07, 6.45) is 9.47. The summed E-state index contributed by atoms with van der Waals surface area (Å²) in [7, 11) is 0. The number of nitrogens with zero attached hydrogens (tertiary/aromatic N) is 2. The highest BCUT2D eigenvalue weighted by atomic mass is 19.1. The van der Waals surface area contributed by atoms with Crippen molar-refractivity contribution < 1.29 is 4.39 Å². The van der Waals surface area contributed by atoms with Gasteiger partial charge in [0.25, 0.3) is 0 Å². The monoisotopic (exact) mass is 275 g/mol. The second kappa shape index (κ2) is 6.71. The van der Waals surface area contributed by atoms with Crippen LogP contribution in [-0.2, 0) is 6.54 Å². The van der Waals surface area contributed by atoms with Gasteiger partial charge in [-0.3, -0.25) is 0 Å². The van der Waals surface area contributed by atoms with Gasteiger partial charge in [-0.2, -0.15) is 0 Å². The molecule has 0 amide bonds. The summed E-state index contributed by atoms with van der Waals surface area (Å²) in [5, 5.41) is 3.23. The number of aromatic nitrogens is 1. The fourth-order valence-electron chi connectivity index (χ4n) is 2.09. The molecular weight excluding hydrogens is 253 g/mol. The standard InChI is InChI=1S/C16H22FN3/c1-4-9-20(11-13-5-6-13)16-15(17)14(7-8-18-16)10-19-12(2)3/h1,7-8,12-13,19H,5-6,9-11H2,2-3H3. The van der Waals surface area contributed by atoms with Gasteiger partial charge >= 0.3 is 0 Å². The van der Waals surface area contributed by atoms with Crippen LogP contribution in [0.4, 0.5) is 10.2 Å². The molecule has 1 N–H and O–H groups in total. The number of rotatable bonds is 7. The molecule has 0 bridgehead atoms. The second-order valence-electron chi connectivity index (χ2n) is 5.67. The molecule has 0 unspecified atom stereocenters. The second-order valence-corrected chi connectivity index (χ2v) is 5.67. The van der Waals surface area contributed by atoms with E-state index in [4.69, 9.17) is 6.42 Å². The minimum atomic E-state index is -0.253. The molecule has 1 saturated carbocycles. The van der Waals surface area contributed by atoms with Gasteiger partial charge in [-0.15, -0.1) is 6.42 Å². The largest absolute Gasteiger partial charge is 0.343 e. The highest BCUT2D eigenvalue weighted by Crippen LogP contribution is 2.31. The third-order valence-corrected chi connectivity index (χ3v) is 3.41. The summed E-state index contributed by atoms with van der Waals surface area (Å²) >= 11 is 0. The topological polar surface area (TPSA) is 28.2 Å². The van der Waals surface area contributed by atoms with Crippen LogP contribution in [0.25, 0.3) is 0 Å². The van der Waals surface area contributed by atoms with Gasteiger partial charge in [0.2, 0.25) is 0 Å². The first-order valence-corrected chi connectivity index (χ1v) is 7.17. The van der Waals surface area contributed by atoms with Crippen LogP contribution >= 0.6 is 0 Å². The molecular formula is C16H22FN3. The van der Waals surface area contributed by atoms with Crippen LogP contribution in [0, 0.1) is 24.1 Å². The number of anilines is 1. The minimum absolute atomic E-state index is 0.253. The molecule has 2 rings (SSSR count). The van der Waals surface area contributed by atoms with Crippen molar-refractivity contribution in [2.45, 2.75) is 39.3 Å². The molecule has 3 nitrogen and oxygen atoms in total. The molecule has 1 fully saturated rings. The van der Waals surface area contributed by atoms with Crippen molar-refractivity contribution in [3.05, 3.63) is 23.6 Å². The smallest absolute Gasteiger partial charge is 0.170 e. The van der Waals surface area contributed by atoms with Crippen molar-refractivity contribution >= 4 is 5.82 Å². The minimum Gasteiger partial charge on any atom is -0.343 e. The number of halogens is 1. The van der Waals surface area contributed by atoms with E-state index in [-0.39, 0.29) is 5.82 Å². The number of pyridine rings is 1. The van der Waals surface area contributed by atoms with E-state index in [9.17, 15) is 4.39 Å². The van der Waals surface area contributed by atoms with Gasteiger partial charge in [-0.05, 0) is 24.8 Å². The van der Waals surface area contributed by atoms with E-state index >= 15 is 0 Å². The lowest BCUT2D eigenvalue weighted by atomic mass is 10.2. The van der Waals surface area contributed by atoms with E-state index in [1.165, 1.54) is 12.8 Å². The Labute approximate surface area is 120 Å². The summed E-state index contributed by atoms with van der Waals surface area (Å²) in [5.41, 5.74) is 0.640. The Morgan fingerprint density at radius 3 is 2.90 bits per heavy atom. The fraction of sp³-hybridized carbons (Fsp3) is 0.562. The van der Waals surface area contributed by atoms with Crippen LogP contribution in [0.1, 0.15) is 32.3 Å². The normalized spacial score (nSPS) is 14.3. The van der Waals surface area contributed by atoms with Crippen molar-refractivity contribution in [2.75, 3.05) is 18.0 Å². The Bertz CT molecular complexity index is 489. The average molecular weight is 275 g/mol. The Balaban J connectivity index is 2.16. The van der Waals surface area contributed by atoms with Crippen LogP contribution in [0.5, 0.6) is 0 Å². The van der Waals surface area contributed by atoms with E-state index in [0.29, 0.717) is 36.4 Å². The van der Waals surface area contributed by atoms with Gasteiger partial charge in [0, 0.05) is 30.9 Å². The predicted molar refractivity (Wildman–Crippen MR) is 79.9 cm³/mol. The van der Waals surface area contributed by atoms with Crippen molar-refractivity contribution in [2.24, 2.45) is 5.92 Å². The first-order chi connectivity index (χ1) is 9.61. The van der Waals surface area contributed by atoms with Crippen LogP contribution in [0.2, 0.25) is 0 Å². The molecule has 0 spiro atoms. The maximum absolute atomic E-state index is 14.6. The lowest BCUT2D eigenvalue weighted by Crippen LogP contribution is -2.29. The SMILES string of the molecule is C#CCN(CC1CC1)c1nccc(CNC(C)C)c1F. The van der Waals surface area contributed by atoms with Crippen LogP contribution in [-0.4, -0.2) is 24.1 Å². The van der Waals surface area contributed by atoms with Crippen molar-refractivity contribution in [3.8, 4) is 12.3 Å². The molecule has 0 aliphatic heterocycles. The third-order valence-electron chi connectivity index (χ3n) is 3.41. The number of nitrogens with one attached hydrogen (secondary N) is 1. The zero-order chi connectivity index (χ0) is 14.5. The molecule has 1 aromatic rings. The Morgan fingerprint density at radius 1 is 1.55 bits per heavy atom. The number of hydrogen-bond acceptors (Lipinski definition) is 3. The van der Waals surface area contributed by atoms with Gasteiger partial charge in [0.15, 0.2) is 11.6 Å². The van der Waals surface area contributed by atoms with Crippen LogP contribution in [0.3, 0.4) is 0 Å². The zero-order valence-electron chi connectivity index (χ0n) is 12.2. The lowest BCUT2D eigenvalue weighted by molar-refractivity contribution is 0.547. The van der Waals surface area contributed by atoms with Crippen molar-refractivity contribution in [3.63, 3.8) is 0 Å². The van der Waals surface area contributed by atoms with Gasteiger partial charge in [0.1, 0.15) is 0 Å². The highest BCUT2D eigenvalue weighted by Gasteiger charge is 2.26.